The van der Waals surface area contributed by atoms with Crippen molar-refractivity contribution in [2.75, 3.05) is 191 Å². The Morgan fingerprint density at radius 1 is 0.260 bits per heavy atom. The Hall–Kier alpha value is -2.54. The zero-order valence-corrected chi connectivity index (χ0v) is 81.0. The van der Waals surface area contributed by atoms with Gasteiger partial charge in [-0.2, -0.15) is 126 Å². The van der Waals surface area contributed by atoms with Gasteiger partial charge in [0.05, 0.1) is 171 Å². The third-order valence-electron chi connectivity index (χ3n) is 13.8. The maximum Gasteiger partial charge on any atom is 0.328 e. The van der Waals surface area contributed by atoms with Crippen molar-refractivity contribution in [3.05, 3.63) is 0 Å². The van der Waals surface area contributed by atoms with Gasteiger partial charge in [-0.05, 0) is 109 Å². The molecule has 0 aliphatic rings. The van der Waals surface area contributed by atoms with E-state index in [4.69, 9.17) is 56.3 Å². The second-order valence-corrected chi connectivity index (χ2v) is 54.9. The Labute approximate surface area is 723 Å². The number of carbonyl (C=O) groups excluding carboxylic acids is 2. The second-order valence-electron chi connectivity index (χ2n) is 27.1. The summed E-state index contributed by atoms with van der Waals surface area (Å²) in [6.45, 7) is 4.50. The molecule has 0 heterocycles. The smallest absolute Gasteiger partial charge is 0.328 e. The first-order chi connectivity index (χ1) is 55.2. The van der Waals surface area contributed by atoms with E-state index in [1.165, 1.54) is 13.8 Å². The van der Waals surface area contributed by atoms with Crippen molar-refractivity contribution in [3.8, 4) is 0 Å². The highest BCUT2D eigenvalue weighted by molar-refractivity contribution is 7.91. The highest BCUT2D eigenvalue weighted by Crippen LogP contribution is 2.27. The summed E-state index contributed by atoms with van der Waals surface area (Å²) in [7, 11) is -66.2. The van der Waals surface area contributed by atoms with E-state index in [0.717, 1.165) is 6.26 Å². The van der Waals surface area contributed by atoms with Crippen LogP contribution in [0, 0.1) is 16.2 Å². The normalized spacial score (nSPS) is 13.8. The third kappa shape index (κ3) is 79.0. The molecule has 0 unspecified atom stereocenters. The summed E-state index contributed by atoms with van der Waals surface area (Å²) in [6.07, 6.45) is -1.76. The Morgan fingerprint density at radius 3 is 0.618 bits per heavy atom. The summed E-state index contributed by atoms with van der Waals surface area (Å²) in [5, 5.41) is 0. The van der Waals surface area contributed by atoms with Gasteiger partial charge >= 0.3 is 11.9 Å². The number of ether oxygens (including phenoxy) is 2. The fourth-order valence-electron chi connectivity index (χ4n) is 7.60. The van der Waals surface area contributed by atoms with Crippen LogP contribution in [0.2, 0.25) is 0 Å². The predicted molar refractivity (Wildman–Crippen MR) is 436 cm³/mol. The van der Waals surface area contributed by atoms with Crippen LogP contribution in [-0.2, 0) is 223 Å². The lowest BCUT2D eigenvalue weighted by molar-refractivity contribution is -0.176. The monoisotopic (exact) mass is 2120 g/mol. The molecule has 0 saturated carbocycles. The maximum absolute atomic E-state index is 12.6. The van der Waals surface area contributed by atoms with Crippen molar-refractivity contribution in [2.24, 2.45) is 27.7 Å². The summed E-state index contributed by atoms with van der Waals surface area (Å²) >= 11 is 0. The molecule has 0 amide bonds. The quantitative estimate of drug-likeness (QED) is 0.00995. The molecule has 0 aromatic carbocycles. The molecule has 123 heavy (non-hydrogen) atoms. The van der Waals surface area contributed by atoms with Crippen LogP contribution in [0.3, 0.4) is 0 Å². The van der Waals surface area contributed by atoms with Gasteiger partial charge in [0, 0.05) is 11.7 Å². The van der Waals surface area contributed by atoms with Crippen LogP contribution < -0.4 is 11.5 Å². The number of sulfone groups is 1. The highest BCUT2D eigenvalue weighted by Gasteiger charge is 2.52. The number of esters is 2. The maximum atomic E-state index is 12.6. The first kappa shape index (κ1) is 127. The average Bonchev–Trinajstić information content (AvgIpc) is 0.794. The van der Waals surface area contributed by atoms with Crippen molar-refractivity contribution < 1.29 is 218 Å². The van der Waals surface area contributed by atoms with Gasteiger partial charge in [-0.15, -0.1) is 0 Å². The van der Waals surface area contributed by atoms with E-state index in [1.54, 1.807) is 27.7 Å². The van der Waals surface area contributed by atoms with E-state index < -0.39 is 335 Å². The average molecular weight is 2120 g/mol. The molecule has 0 aromatic heterocycles. The van der Waals surface area contributed by atoms with E-state index in [-0.39, 0.29) is 104 Å². The molecule has 0 saturated heterocycles. The lowest BCUT2D eigenvalue weighted by atomic mass is 9.90. The Morgan fingerprint density at radius 2 is 0.439 bits per heavy atom. The van der Waals surface area contributed by atoms with Crippen molar-refractivity contribution in [2.45, 2.75) is 119 Å². The number of rotatable bonds is 69. The van der Waals surface area contributed by atoms with E-state index in [2.05, 4.69) is 29.3 Å². The van der Waals surface area contributed by atoms with E-state index in [0.29, 0.717) is 13.0 Å². The summed E-state index contributed by atoms with van der Waals surface area (Å²) < 4.78 is 461. The fraction of sp³-hybridized carbons (Fsp3) is 0.963. The van der Waals surface area contributed by atoms with Crippen molar-refractivity contribution >= 4 is 174 Å². The minimum absolute atomic E-state index is 0.0749. The molecular weight excluding hydrogens is 2010 g/mol. The van der Waals surface area contributed by atoms with Crippen molar-refractivity contribution in [1.82, 2.24) is 0 Å². The van der Waals surface area contributed by atoms with Gasteiger partial charge < -0.3 is 20.9 Å². The molecule has 0 aliphatic heterocycles. The Kier molecular flexibility index (Phi) is 58.8. The van der Waals surface area contributed by atoms with Gasteiger partial charge in [0.25, 0.3) is 152 Å². The van der Waals surface area contributed by atoms with Gasteiger partial charge in [0.2, 0.25) is 5.41 Å². The summed E-state index contributed by atoms with van der Waals surface area (Å²) in [5.74, 6) is -13.6. The summed E-state index contributed by atoms with van der Waals surface area (Å²) in [6, 6.07) is 0. The molecule has 0 fully saturated rings. The SMILES string of the molecule is CC(C)(CCN)COS(=O)(=O)CCCS(=O)(=O)OCCCOS(=O)(=O)CCCS(=O)(=O)O.CC(C)(CN)COS(=O)(=O)CCCS(=O)(=O)OCCCOS(=O)(=O)CCCS(=O)(=O)O.CCOC(=O)C(COS(=O)(=O)CCCS(C)(=O)=O)(COS(=O)(=O)CCCS(=O)(=O)O)C(=O)OCC.O=S(=O)(O)CCCS(=O)(=O)OCCCOS(=O)(=O)CCCS(=O)(=O)O. The molecule has 69 heteroatoms. The van der Waals surface area contributed by atoms with Crippen LogP contribution in [0.5, 0.6) is 0 Å². The fourth-order valence-corrected chi connectivity index (χ4v) is 22.4. The molecule has 9 N–H and O–H groups in total. The Bertz CT molecular complexity index is 5000. The molecule has 0 radical (unpaired) electrons. The minimum Gasteiger partial charge on any atom is -0.465 e. The highest BCUT2D eigenvalue weighted by atomic mass is 32.3. The van der Waals surface area contributed by atoms with E-state index >= 15 is 0 Å². The van der Waals surface area contributed by atoms with Gasteiger partial charge in [0.1, 0.15) is 9.84 Å². The largest absolute Gasteiger partial charge is 0.465 e. The van der Waals surface area contributed by atoms with Gasteiger partial charge in [0.15, 0.2) is 0 Å². The standard InChI is InChI=1S/C16H30O15S4.C15H33NO12S4.C14H31NO12S4.C9H20O12S4/c1-4-28-14(17)16(15(18)29-5-2,12-30-34(24,25)10-6-8-32(3,19)20)13-31-35(26,27)11-7-9-33(21,22)23;1-15(2,6-7-16)14-28-32(24,25)13-5-12-31(22,23)27-9-3-8-26-30(20,21)11-4-10-29(17,18)19;1-14(2,12-15)13-27-31(23,24)11-5-10-30(21,22)26-7-3-6-25-29(19,20)9-4-8-28(16,17)18;10-22(11,12)6-2-8-24(16,17)20-4-1-5-21-25(18,19)9-3-7-23(13,14)15/h4-13H2,1-3H3,(H,21,22,23);3-14,16H2,1-2H3,(H,17,18,19);3-13,15H2,1-2H3,(H,16,17,18);1-9H2,(H,10,11,12)(H,13,14,15). The molecule has 0 aliphatic carbocycles. The second kappa shape index (κ2) is 57.0. The number of hydrogen-bond donors (Lipinski definition) is 7. The van der Waals surface area contributed by atoms with E-state index in [1.807, 2.05) is 0 Å². The number of carbonyl (C=O) groups is 2. The molecule has 0 atom stereocenters. The lowest BCUT2D eigenvalue weighted by Crippen LogP contribution is -2.50. The third-order valence-corrected chi connectivity index (χ3v) is 31.9. The number of hydrogen-bond acceptors (Lipinski definition) is 48. The molecule has 0 rings (SSSR count). The van der Waals surface area contributed by atoms with Crippen LogP contribution in [0.15, 0.2) is 0 Å². The van der Waals surface area contributed by atoms with Gasteiger partial charge in [-0.25, -0.2) is 8.42 Å². The Balaban J connectivity index is -0.000000772. The first-order valence-corrected chi connectivity index (χ1v) is 61.5. The van der Waals surface area contributed by atoms with Gasteiger partial charge in [-0.3, -0.25) is 74.2 Å². The van der Waals surface area contributed by atoms with Crippen LogP contribution >= 0.6 is 0 Å². The summed E-state index contributed by atoms with van der Waals surface area (Å²) in [5.41, 5.74) is 7.22. The molecule has 53 nitrogen and oxygen atoms in total. The lowest BCUT2D eigenvalue weighted by Gasteiger charge is -2.28. The number of nitrogens with two attached hydrogens (primary N) is 2. The zero-order chi connectivity index (χ0) is 96.8. The van der Waals surface area contributed by atoms with E-state index in [9.17, 15) is 144 Å². The van der Waals surface area contributed by atoms with Crippen LogP contribution in [-0.4, -0.2) is 360 Å². The molecule has 0 bridgehead atoms. The van der Waals surface area contributed by atoms with Crippen molar-refractivity contribution in [1.29, 1.82) is 0 Å². The topological polar surface area (TPSA) is 844 Å². The molecule has 0 spiro atoms. The van der Waals surface area contributed by atoms with Crippen LogP contribution in [0.1, 0.15) is 119 Å². The van der Waals surface area contributed by atoms with Crippen LogP contribution in [0.4, 0.5) is 0 Å². The minimum atomic E-state index is -4.58. The molecule has 742 valence electrons. The van der Waals surface area contributed by atoms with Crippen molar-refractivity contribution in [3.63, 3.8) is 0 Å². The zero-order valence-electron chi connectivity index (χ0n) is 67.9. The first-order valence-electron chi connectivity index (χ1n) is 35.6. The summed E-state index contributed by atoms with van der Waals surface area (Å²) in [4.78, 5) is 25.3. The predicted octanol–water partition coefficient (Wildman–Crippen LogP) is -4.34. The molecule has 0 aromatic rings. The molecular formula is C54H114N2O51S16. The van der Waals surface area contributed by atoms with Gasteiger partial charge in [-0.1, -0.05) is 27.7 Å². The van der Waals surface area contributed by atoms with Crippen LogP contribution in [0.25, 0.3) is 0 Å².